The van der Waals surface area contributed by atoms with Crippen molar-refractivity contribution in [1.82, 2.24) is 15.1 Å². The number of primary amides is 1. The Hall–Kier alpha value is -2.63. The van der Waals surface area contributed by atoms with Crippen molar-refractivity contribution in [2.45, 2.75) is 32.7 Å². The Kier molecular flexibility index (Phi) is 5.91. The summed E-state index contributed by atoms with van der Waals surface area (Å²) in [6.45, 7) is 2.76. The molecule has 0 spiro atoms. The SMILES string of the molecule is CCCc1cc(C(=O)N(CCC(N)=O)Cc2ccccc2)n[nH]1. The van der Waals surface area contributed by atoms with E-state index in [0.717, 1.165) is 24.1 Å². The molecular formula is C17H22N4O2. The molecule has 2 amide bonds. The van der Waals surface area contributed by atoms with E-state index in [0.29, 0.717) is 12.2 Å². The predicted molar refractivity (Wildman–Crippen MR) is 87.6 cm³/mol. The van der Waals surface area contributed by atoms with Gasteiger partial charge in [0, 0.05) is 25.2 Å². The summed E-state index contributed by atoms with van der Waals surface area (Å²) in [5.74, 6) is -0.627. The molecule has 1 aromatic carbocycles. The van der Waals surface area contributed by atoms with Crippen molar-refractivity contribution in [1.29, 1.82) is 0 Å². The van der Waals surface area contributed by atoms with Crippen LogP contribution in [0.1, 0.15) is 41.5 Å². The molecule has 6 heteroatoms. The molecule has 0 unspecified atom stereocenters. The van der Waals surface area contributed by atoms with Crippen molar-refractivity contribution in [3.63, 3.8) is 0 Å². The van der Waals surface area contributed by atoms with Crippen molar-refractivity contribution in [3.8, 4) is 0 Å². The summed E-state index contributed by atoms with van der Waals surface area (Å²) in [6, 6.07) is 11.4. The van der Waals surface area contributed by atoms with Gasteiger partial charge in [0.15, 0.2) is 0 Å². The van der Waals surface area contributed by atoms with Gasteiger partial charge in [-0.1, -0.05) is 43.7 Å². The Morgan fingerprint density at radius 2 is 2.00 bits per heavy atom. The van der Waals surface area contributed by atoms with Gasteiger partial charge < -0.3 is 10.6 Å². The van der Waals surface area contributed by atoms with E-state index in [-0.39, 0.29) is 18.9 Å². The van der Waals surface area contributed by atoms with Gasteiger partial charge >= 0.3 is 0 Å². The highest BCUT2D eigenvalue weighted by molar-refractivity contribution is 5.92. The number of rotatable bonds is 8. The number of nitrogens with one attached hydrogen (secondary N) is 1. The van der Waals surface area contributed by atoms with Crippen molar-refractivity contribution >= 4 is 11.8 Å². The Balaban J connectivity index is 2.13. The molecule has 0 aliphatic rings. The van der Waals surface area contributed by atoms with Crippen LogP contribution in [0.4, 0.5) is 0 Å². The van der Waals surface area contributed by atoms with Crippen molar-refractivity contribution < 1.29 is 9.59 Å². The van der Waals surface area contributed by atoms with E-state index in [4.69, 9.17) is 5.73 Å². The number of carbonyl (C=O) groups is 2. The number of benzene rings is 1. The fourth-order valence-corrected chi connectivity index (χ4v) is 2.33. The molecule has 0 aliphatic carbocycles. The zero-order valence-corrected chi connectivity index (χ0v) is 13.3. The number of amides is 2. The first kappa shape index (κ1) is 16.7. The maximum Gasteiger partial charge on any atom is 0.274 e. The number of nitrogens with two attached hydrogens (primary N) is 1. The zero-order chi connectivity index (χ0) is 16.7. The van der Waals surface area contributed by atoms with E-state index in [1.165, 1.54) is 0 Å². The molecule has 0 fully saturated rings. The molecule has 0 saturated heterocycles. The van der Waals surface area contributed by atoms with Gasteiger partial charge in [0.1, 0.15) is 5.69 Å². The average molecular weight is 314 g/mol. The van der Waals surface area contributed by atoms with Crippen molar-refractivity contribution in [2.24, 2.45) is 5.73 Å². The second kappa shape index (κ2) is 8.12. The molecule has 1 aromatic heterocycles. The second-order valence-corrected chi connectivity index (χ2v) is 5.46. The fraction of sp³-hybridized carbons (Fsp3) is 0.353. The van der Waals surface area contributed by atoms with Crippen molar-refractivity contribution in [2.75, 3.05) is 6.54 Å². The summed E-state index contributed by atoms with van der Waals surface area (Å²) < 4.78 is 0. The van der Waals surface area contributed by atoms with Gasteiger partial charge in [-0.3, -0.25) is 14.7 Å². The lowest BCUT2D eigenvalue weighted by Crippen LogP contribution is -2.33. The first-order valence-corrected chi connectivity index (χ1v) is 7.76. The summed E-state index contributed by atoms with van der Waals surface area (Å²) in [7, 11) is 0. The highest BCUT2D eigenvalue weighted by Crippen LogP contribution is 2.11. The fourth-order valence-electron chi connectivity index (χ4n) is 2.33. The van der Waals surface area contributed by atoms with E-state index in [9.17, 15) is 9.59 Å². The van der Waals surface area contributed by atoms with Crippen LogP contribution in [0.3, 0.4) is 0 Å². The molecule has 0 atom stereocenters. The van der Waals surface area contributed by atoms with Crippen LogP contribution in [0.5, 0.6) is 0 Å². The maximum atomic E-state index is 12.7. The molecule has 0 aliphatic heterocycles. The highest BCUT2D eigenvalue weighted by Gasteiger charge is 2.19. The van der Waals surface area contributed by atoms with E-state index in [1.54, 1.807) is 11.0 Å². The lowest BCUT2D eigenvalue weighted by molar-refractivity contribution is -0.118. The molecule has 122 valence electrons. The van der Waals surface area contributed by atoms with Crippen LogP contribution >= 0.6 is 0 Å². The molecule has 0 bridgehead atoms. The van der Waals surface area contributed by atoms with Crippen LogP contribution in [-0.2, 0) is 17.8 Å². The standard InChI is InChI=1S/C17H22N4O2/c1-2-6-14-11-15(20-19-14)17(23)21(10-9-16(18)22)12-13-7-4-3-5-8-13/h3-5,7-8,11H,2,6,9-10,12H2,1H3,(H2,18,22)(H,19,20). The summed E-state index contributed by atoms with van der Waals surface area (Å²) in [5, 5.41) is 6.97. The number of carbonyl (C=O) groups excluding carboxylic acids is 2. The third kappa shape index (κ3) is 4.95. The number of nitrogens with zero attached hydrogens (tertiary/aromatic N) is 2. The number of hydrogen-bond donors (Lipinski definition) is 2. The van der Waals surface area contributed by atoms with Gasteiger partial charge in [-0.25, -0.2) is 0 Å². The Labute approximate surface area is 135 Å². The van der Waals surface area contributed by atoms with E-state index >= 15 is 0 Å². The Morgan fingerprint density at radius 1 is 1.26 bits per heavy atom. The number of hydrogen-bond acceptors (Lipinski definition) is 3. The topological polar surface area (TPSA) is 92.1 Å². The van der Waals surface area contributed by atoms with Gasteiger partial charge in [0.05, 0.1) is 0 Å². The number of aryl methyl sites for hydroxylation is 1. The van der Waals surface area contributed by atoms with Crippen molar-refractivity contribution in [3.05, 3.63) is 53.3 Å². The summed E-state index contributed by atoms with van der Waals surface area (Å²) in [5.41, 5.74) is 7.52. The Bertz CT molecular complexity index is 652. The van der Waals surface area contributed by atoms with Gasteiger partial charge in [0.2, 0.25) is 5.91 Å². The minimum absolute atomic E-state index is 0.130. The van der Waals surface area contributed by atoms with Crippen LogP contribution in [0, 0.1) is 0 Å². The zero-order valence-electron chi connectivity index (χ0n) is 13.3. The summed E-state index contributed by atoms with van der Waals surface area (Å²) in [4.78, 5) is 25.3. The number of aromatic amines is 1. The smallest absolute Gasteiger partial charge is 0.274 e. The highest BCUT2D eigenvalue weighted by atomic mass is 16.2. The van der Waals surface area contributed by atoms with Gasteiger partial charge in [0.25, 0.3) is 5.91 Å². The molecule has 2 aromatic rings. The van der Waals surface area contributed by atoms with Crippen LogP contribution in [-0.4, -0.2) is 33.5 Å². The monoisotopic (exact) mass is 314 g/mol. The average Bonchev–Trinajstić information content (AvgIpc) is 3.00. The summed E-state index contributed by atoms with van der Waals surface area (Å²) >= 11 is 0. The predicted octanol–water partition coefficient (Wildman–Crippen LogP) is 1.88. The molecular weight excluding hydrogens is 292 g/mol. The molecule has 2 rings (SSSR count). The maximum absolute atomic E-state index is 12.7. The normalized spacial score (nSPS) is 10.5. The number of H-pyrrole nitrogens is 1. The first-order chi connectivity index (χ1) is 11.1. The summed E-state index contributed by atoms with van der Waals surface area (Å²) in [6.07, 6.45) is 1.95. The molecule has 6 nitrogen and oxygen atoms in total. The molecule has 0 radical (unpaired) electrons. The van der Waals surface area contributed by atoms with Crippen LogP contribution in [0.15, 0.2) is 36.4 Å². The third-order valence-corrected chi connectivity index (χ3v) is 3.50. The molecule has 23 heavy (non-hydrogen) atoms. The van der Waals surface area contributed by atoms with Crippen LogP contribution < -0.4 is 5.73 Å². The molecule has 1 heterocycles. The quantitative estimate of drug-likeness (QED) is 0.779. The van der Waals surface area contributed by atoms with E-state index < -0.39 is 5.91 Å². The minimum Gasteiger partial charge on any atom is -0.370 e. The first-order valence-electron chi connectivity index (χ1n) is 7.76. The van der Waals surface area contributed by atoms with Gasteiger partial charge in [-0.2, -0.15) is 5.10 Å². The van der Waals surface area contributed by atoms with E-state index in [2.05, 4.69) is 17.1 Å². The lowest BCUT2D eigenvalue weighted by atomic mass is 10.2. The van der Waals surface area contributed by atoms with Crippen LogP contribution in [0.2, 0.25) is 0 Å². The second-order valence-electron chi connectivity index (χ2n) is 5.46. The lowest BCUT2D eigenvalue weighted by Gasteiger charge is -2.21. The van der Waals surface area contributed by atoms with Gasteiger partial charge in [-0.15, -0.1) is 0 Å². The molecule has 3 N–H and O–H groups in total. The number of aromatic nitrogens is 2. The largest absolute Gasteiger partial charge is 0.370 e. The van der Waals surface area contributed by atoms with Crippen LogP contribution in [0.25, 0.3) is 0 Å². The third-order valence-electron chi connectivity index (χ3n) is 3.50. The van der Waals surface area contributed by atoms with Gasteiger partial charge in [-0.05, 0) is 18.1 Å². The Morgan fingerprint density at radius 3 is 2.65 bits per heavy atom. The molecule has 0 saturated carbocycles. The van der Waals surface area contributed by atoms with E-state index in [1.807, 2.05) is 30.3 Å². The minimum atomic E-state index is -0.426.